The van der Waals surface area contributed by atoms with Crippen molar-refractivity contribution in [2.24, 2.45) is 0 Å². The molecule has 0 aliphatic carbocycles. The molecule has 0 fully saturated rings. The second-order valence-electron chi connectivity index (χ2n) is 3.97. The molecule has 0 atom stereocenters. The van der Waals surface area contributed by atoms with Gasteiger partial charge < -0.3 is 10.3 Å². The fraction of sp³-hybridized carbons (Fsp3) is 0.0769. The lowest BCUT2D eigenvalue weighted by molar-refractivity contribution is -0.137. The normalized spacial score (nSPS) is 11.2. The second kappa shape index (κ2) is 5.20. The molecule has 1 aromatic heterocycles. The Hall–Kier alpha value is -2.57. The molecule has 4 nitrogen and oxygen atoms in total. The highest BCUT2D eigenvalue weighted by Crippen LogP contribution is 2.30. The Morgan fingerprint density at radius 2 is 1.90 bits per heavy atom. The summed E-state index contributed by atoms with van der Waals surface area (Å²) in [5.74, 6) is -0.611. The molecule has 0 aliphatic rings. The number of aromatic nitrogens is 1. The minimum Gasteiger partial charge on any atom is -0.328 e. The Labute approximate surface area is 111 Å². The highest BCUT2D eigenvalue weighted by molar-refractivity contribution is 6.04. The summed E-state index contributed by atoms with van der Waals surface area (Å²) >= 11 is 0. The van der Waals surface area contributed by atoms with E-state index in [1.165, 1.54) is 24.4 Å². The zero-order valence-electron chi connectivity index (χ0n) is 9.99. The van der Waals surface area contributed by atoms with Crippen molar-refractivity contribution in [1.82, 2.24) is 4.98 Å². The third-order valence-corrected chi connectivity index (χ3v) is 2.49. The van der Waals surface area contributed by atoms with Crippen LogP contribution in [0.3, 0.4) is 0 Å². The molecular weight excluding hydrogens is 273 g/mol. The molecule has 0 radical (unpaired) electrons. The molecule has 2 rings (SSSR count). The zero-order valence-corrected chi connectivity index (χ0v) is 9.99. The summed E-state index contributed by atoms with van der Waals surface area (Å²) in [4.78, 5) is 24.9. The fourth-order valence-electron chi connectivity index (χ4n) is 1.53. The number of amides is 1. The Morgan fingerprint density at radius 3 is 2.50 bits per heavy atom. The van der Waals surface area contributed by atoms with Crippen LogP contribution < -0.4 is 10.9 Å². The van der Waals surface area contributed by atoms with Gasteiger partial charge in [0.1, 0.15) is 0 Å². The summed E-state index contributed by atoms with van der Waals surface area (Å²) in [7, 11) is 0. The maximum Gasteiger partial charge on any atom is 0.416 e. The highest BCUT2D eigenvalue weighted by atomic mass is 19.4. The maximum absolute atomic E-state index is 12.5. The van der Waals surface area contributed by atoms with Gasteiger partial charge in [0.15, 0.2) is 0 Å². The van der Waals surface area contributed by atoms with Crippen molar-refractivity contribution < 1.29 is 18.0 Å². The van der Waals surface area contributed by atoms with E-state index in [0.717, 1.165) is 18.2 Å². The zero-order chi connectivity index (χ0) is 14.8. The summed E-state index contributed by atoms with van der Waals surface area (Å²) in [6.45, 7) is 0. The van der Waals surface area contributed by atoms with Crippen LogP contribution in [0.5, 0.6) is 0 Å². The van der Waals surface area contributed by atoms with Gasteiger partial charge in [-0.25, -0.2) is 0 Å². The van der Waals surface area contributed by atoms with E-state index >= 15 is 0 Å². The van der Waals surface area contributed by atoms with E-state index in [1.54, 1.807) is 0 Å². The molecule has 20 heavy (non-hydrogen) atoms. The SMILES string of the molecule is O=C(Nc1cccc(C(F)(F)F)c1)c1ccc(=O)[nH]c1. The van der Waals surface area contributed by atoms with Crippen LogP contribution in [-0.4, -0.2) is 10.9 Å². The van der Waals surface area contributed by atoms with Gasteiger partial charge >= 0.3 is 6.18 Å². The third-order valence-electron chi connectivity index (χ3n) is 2.49. The fourth-order valence-corrected chi connectivity index (χ4v) is 1.53. The number of H-pyrrole nitrogens is 1. The van der Waals surface area contributed by atoms with Crippen molar-refractivity contribution in [2.75, 3.05) is 5.32 Å². The van der Waals surface area contributed by atoms with E-state index in [1.807, 2.05) is 0 Å². The number of pyridine rings is 1. The van der Waals surface area contributed by atoms with Gasteiger partial charge in [-0.1, -0.05) is 6.07 Å². The Bertz CT molecular complexity index is 672. The predicted molar refractivity (Wildman–Crippen MR) is 66.5 cm³/mol. The molecule has 0 saturated heterocycles. The number of aromatic amines is 1. The van der Waals surface area contributed by atoms with Gasteiger partial charge in [-0.05, 0) is 24.3 Å². The number of nitrogens with one attached hydrogen (secondary N) is 2. The lowest BCUT2D eigenvalue weighted by Crippen LogP contribution is -2.15. The molecule has 1 aromatic carbocycles. The number of hydrogen-bond acceptors (Lipinski definition) is 2. The van der Waals surface area contributed by atoms with E-state index < -0.39 is 17.6 Å². The minimum absolute atomic E-state index is 0.0241. The Kier molecular flexibility index (Phi) is 3.60. The van der Waals surface area contributed by atoms with Crippen LogP contribution in [0.1, 0.15) is 15.9 Å². The molecule has 0 bridgehead atoms. The van der Waals surface area contributed by atoms with Crippen LogP contribution in [0, 0.1) is 0 Å². The molecule has 0 aliphatic heterocycles. The average Bonchev–Trinajstić information content (AvgIpc) is 2.38. The van der Waals surface area contributed by atoms with Crippen molar-refractivity contribution >= 4 is 11.6 Å². The topological polar surface area (TPSA) is 62.0 Å². The lowest BCUT2D eigenvalue weighted by Gasteiger charge is -2.09. The first-order valence-electron chi connectivity index (χ1n) is 5.53. The minimum atomic E-state index is -4.47. The van der Waals surface area contributed by atoms with Crippen LogP contribution >= 0.6 is 0 Å². The lowest BCUT2D eigenvalue weighted by atomic mass is 10.2. The number of rotatable bonds is 2. The van der Waals surface area contributed by atoms with Crippen LogP contribution in [0.25, 0.3) is 0 Å². The monoisotopic (exact) mass is 282 g/mol. The van der Waals surface area contributed by atoms with Crippen molar-refractivity contribution in [3.8, 4) is 0 Å². The van der Waals surface area contributed by atoms with E-state index in [2.05, 4.69) is 10.3 Å². The van der Waals surface area contributed by atoms with Crippen LogP contribution in [0.4, 0.5) is 18.9 Å². The number of benzene rings is 1. The van der Waals surface area contributed by atoms with Crippen LogP contribution in [0.2, 0.25) is 0 Å². The van der Waals surface area contributed by atoms with Gasteiger partial charge in [-0.3, -0.25) is 9.59 Å². The molecular formula is C13H9F3N2O2. The first-order valence-corrected chi connectivity index (χ1v) is 5.53. The molecule has 2 N–H and O–H groups in total. The van der Waals surface area contributed by atoms with E-state index in [4.69, 9.17) is 0 Å². The van der Waals surface area contributed by atoms with Crippen molar-refractivity contribution in [1.29, 1.82) is 0 Å². The first kappa shape index (κ1) is 13.9. The van der Waals surface area contributed by atoms with Gasteiger partial charge in [-0.15, -0.1) is 0 Å². The van der Waals surface area contributed by atoms with Crippen molar-refractivity contribution in [2.45, 2.75) is 6.18 Å². The summed E-state index contributed by atoms with van der Waals surface area (Å²) in [5, 5.41) is 2.33. The summed E-state index contributed by atoms with van der Waals surface area (Å²) in [6, 6.07) is 6.73. The van der Waals surface area contributed by atoms with E-state index in [9.17, 15) is 22.8 Å². The smallest absolute Gasteiger partial charge is 0.328 e. The van der Waals surface area contributed by atoms with Gasteiger partial charge in [-0.2, -0.15) is 13.2 Å². The molecule has 1 heterocycles. The Morgan fingerprint density at radius 1 is 1.15 bits per heavy atom. The van der Waals surface area contributed by atoms with E-state index in [-0.39, 0.29) is 16.8 Å². The van der Waals surface area contributed by atoms with Crippen LogP contribution in [0.15, 0.2) is 47.4 Å². The number of hydrogen-bond donors (Lipinski definition) is 2. The van der Waals surface area contributed by atoms with Gasteiger partial charge in [0.2, 0.25) is 5.56 Å². The third kappa shape index (κ3) is 3.25. The number of halogens is 3. The van der Waals surface area contributed by atoms with Gasteiger partial charge in [0.25, 0.3) is 5.91 Å². The van der Waals surface area contributed by atoms with Gasteiger partial charge in [0.05, 0.1) is 11.1 Å². The largest absolute Gasteiger partial charge is 0.416 e. The molecule has 104 valence electrons. The number of carbonyl (C=O) groups is 1. The second-order valence-corrected chi connectivity index (χ2v) is 3.97. The standard InChI is InChI=1S/C13H9F3N2O2/c14-13(15,16)9-2-1-3-10(6-9)18-12(20)8-4-5-11(19)17-7-8/h1-7H,(H,17,19)(H,18,20). The molecule has 0 saturated carbocycles. The molecule has 0 spiro atoms. The predicted octanol–water partition coefficient (Wildman–Crippen LogP) is 2.65. The maximum atomic E-state index is 12.5. The van der Waals surface area contributed by atoms with Crippen LogP contribution in [-0.2, 0) is 6.18 Å². The van der Waals surface area contributed by atoms with Gasteiger partial charge in [0, 0.05) is 18.0 Å². The first-order chi connectivity index (χ1) is 9.36. The average molecular weight is 282 g/mol. The number of alkyl halides is 3. The highest BCUT2D eigenvalue weighted by Gasteiger charge is 2.30. The summed E-state index contributed by atoms with van der Waals surface area (Å²) < 4.78 is 37.6. The van der Waals surface area contributed by atoms with E-state index in [0.29, 0.717) is 0 Å². The number of carbonyl (C=O) groups excluding carboxylic acids is 1. The quantitative estimate of drug-likeness (QED) is 0.889. The molecule has 1 amide bonds. The number of anilines is 1. The molecule has 0 unspecified atom stereocenters. The molecule has 2 aromatic rings. The molecule has 7 heteroatoms. The summed E-state index contributed by atoms with van der Waals surface area (Å²) in [5.41, 5.74) is -1.06. The van der Waals surface area contributed by atoms with Crippen molar-refractivity contribution in [3.05, 3.63) is 64.1 Å². The summed E-state index contributed by atoms with van der Waals surface area (Å²) in [6.07, 6.45) is -3.29. The van der Waals surface area contributed by atoms with Crippen molar-refractivity contribution in [3.63, 3.8) is 0 Å². The Balaban J connectivity index is 2.20.